The fourth-order valence-corrected chi connectivity index (χ4v) is 2.97. The second kappa shape index (κ2) is 4.75. The first-order chi connectivity index (χ1) is 8.74. The molecule has 0 radical (unpaired) electrons. The zero-order valence-electron chi connectivity index (χ0n) is 10.7. The van der Waals surface area contributed by atoms with Crippen LogP contribution in [0, 0.1) is 5.92 Å². The molecule has 18 heavy (non-hydrogen) atoms. The van der Waals surface area contributed by atoms with Gasteiger partial charge in [-0.15, -0.1) is 0 Å². The summed E-state index contributed by atoms with van der Waals surface area (Å²) in [6, 6.07) is 0. The average molecular weight is 248 g/mol. The summed E-state index contributed by atoms with van der Waals surface area (Å²) in [5.41, 5.74) is 3.25. The Labute approximate surface area is 107 Å². The largest absolute Gasteiger partial charge is 0.355 e. The van der Waals surface area contributed by atoms with Crippen LogP contribution in [0.2, 0.25) is 0 Å². The summed E-state index contributed by atoms with van der Waals surface area (Å²) in [5.74, 6) is 0.339. The van der Waals surface area contributed by atoms with E-state index in [4.69, 9.17) is 0 Å². The maximum Gasteiger partial charge on any atom is 0.227 e. The topological polar surface area (TPSA) is 49.4 Å². The van der Waals surface area contributed by atoms with Crippen molar-refractivity contribution < 1.29 is 9.59 Å². The Balaban J connectivity index is 1.54. The van der Waals surface area contributed by atoms with Crippen LogP contribution in [0.15, 0.2) is 11.1 Å². The van der Waals surface area contributed by atoms with Gasteiger partial charge in [-0.2, -0.15) is 0 Å². The van der Waals surface area contributed by atoms with E-state index in [9.17, 15) is 9.59 Å². The molecule has 1 atom stereocenters. The molecule has 3 rings (SSSR count). The Bertz CT molecular complexity index is 388. The van der Waals surface area contributed by atoms with Crippen LogP contribution in [-0.4, -0.2) is 36.3 Å². The highest BCUT2D eigenvalue weighted by molar-refractivity contribution is 5.83. The zero-order valence-corrected chi connectivity index (χ0v) is 10.7. The SMILES string of the molecule is O=C1CCC(C(=O)N2CCC(=C3CC3)CC2)CN1. The highest BCUT2D eigenvalue weighted by atomic mass is 16.2. The molecule has 98 valence electrons. The third-order valence-corrected chi connectivity index (χ3v) is 4.29. The van der Waals surface area contributed by atoms with Crippen molar-refractivity contribution in [2.45, 2.75) is 38.5 Å². The van der Waals surface area contributed by atoms with Gasteiger partial charge in [0.15, 0.2) is 0 Å². The van der Waals surface area contributed by atoms with Gasteiger partial charge in [-0.05, 0) is 32.1 Å². The lowest BCUT2D eigenvalue weighted by molar-refractivity contribution is -0.137. The summed E-state index contributed by atoms with van der Waals surface area (Å²) in [6.07, 6.45) is 5.94. The molecule has 1 saturated carbocycles. The molecule has 1 N–H and O–H groups in total. The van der Waals surface area contributed by atoms with E-state index < -0.39 is 0 Å². The highest BCUT2D eigenvalue weighted by Crippen LogP contribution is 2.36. The number of nitrogens with zero attached hydrogens (tertiary/aromatic N) is 1. The molecule has 2 saturated heterocycles. The lowest BCUT2D eigenvalue weighted by Crippen LogP contribution is -2.46. The fraction of sp³-hybridized carbons (Fsp3) is 0.714. The van der Waals surface area contributed by atoms with E-state index in [1.807, 2.05) is 4.90 Å². The third-order valence-electron chi connectivity index (χ3n) is 4.29. The summed E-state index contributed by atoms with van der Waals surface area (Å²) in [7, 11) is 0. The van der Waals surface area contributed by atoms with Gasteiger partial charge in [-0.3, -0.25) is 9.59 Å². The number of hydrogen-bond acceptors (Lipinski definition) is 2. The lowest BCUT2D eigenvalue weighted by Gasteiger charge is -2.33. The minimum absolute atomic E-state index is 0.0119. The van der Waals surface area contributed by atoms with E-state index in [0.717, 1.165) is 32.4 Å². The molecule has 4 heteroatoms. The quantitative estimate of drug-likeness (QED) is 0.709. The predicted octanol–water partition coefficient (Wildman–Crippen LogP) is 1.23. The molecular formula is C14H20N2O2. The number of nitrogens with one attached hydrogen (secondary N) is 1. The molecule has 2 aliphatic heterocycles. The van der Waals surface area contributed by atoms with Crippen molar-refractivity contribution in [2.75, 3.05) is 19.6 Å². The maximum atomic E-state index is 12.3. The van der Waals surface area contributed by atoms with Gasteiger partial charge < -0.3 is 10.2 Å². The van der Waals surface area contributed by atoms with E-state index in [0.29, 0.717) is 13.0 Å². The Kier molecular flexibility index (Phi) is 3.10. The van der Waals surface area contributed by atoms with Crippen LogP contribution in [0.5, 0.6) is 0 Å². The van der Waals surface area contributed by atoms with Crippen LogP contribution in [0.1, 0.15) is 38.5 Å². The molecule has 1 unspecified atom stereocenters. The van der Waals surface area contributed by atoms with E-state index in [-0.39, 0.29) is 17.7 Å². The predicted molar refractivity (Wildman–Crippen MR) is 67.8 cm³/mol. The van der Waals surface area contributed by atoms with E-state index in [2.05, 4.69) is 5.32 Å². The van der Waals surface area contributed by atoms with Crippen molar-refractivity contribution in [3.63, 3.8) is 0 Å². The molecule has 0 aromatic heterocycles. The number of carbonyl (C=O) groups excluding carboxylic acids is 2. The second-order valence-corrected chi connectivity index (χ2v) is 5.57. The normalized spacial score (nSPS) is 28.1. The van der Waals surface area contributed by atoms with Crippen LogP contribution in [0.4, 0.5) is 0 Å². The number of amides is 2. The molecule has 4 nitrogen and oxygen atoms in total. The van der Waals surface area contributed by atoms with Crippen LogP contribution < -0.4 is 5.32 Å². The van der Waals surface area contributed by atoms with Crippen molar-refractivity contribution in [1.82, 2.24) is 10.2 Å². The number of likely N-dealkylation sites (tertiary alicyclic amines) is 1. The van der Waals surface area contributed by atoms with Gasteiger partial charge in [-0.25, -0.2) is 0 Å². The van der Waals surface area contributed by atoms with Crippen molar-refractivity contribution in [3.8, 4) is 0 Å². The molecule has 2 amide bonds. The summed E-state index contributed by atoms with van der Waals surface area (Å²) < 4.78 is 0. The fourth-order valence-electron chi connectivity index (χ4n) is 2.97. The van der Waals surface area contributed by atoms with Gasteiger partial charge >= 0.3 is 0 Å². The number of rotatable bonds is 1. The smallest absolute Gasteiger partial charge is 0.227 e. The minimum Gasteiger partial charge on any atom is -0.355 e. The van der Waals surface area contributed by atoms with Gasteiger partial charge in [-0.1, -0.05) is 11.1 Å². The zero-order chi connectivity index (χ0) is 12.5. The second-order valence-electron chi connectivity index (χ2n) is 5.57. The number of hydrogen-bond donors (Lipinski definition) is 1. The monoisotopic (exact) mass is 248 g/mol. The molecule has 3 aliphatic rings. The first kappa shape index (κ1) is 11.8. The van der Waals surface area contributed by atoms with E-state index >= 15 is 0 Å². The van der Waals surface area contributed by atoms with Crippen LogP contribution in [-0.2, 0) is 9.59 Å². The molecule has 1 aliphatic carbocycles. The van der Waals surface area contributed by atoms with Crippen LogP contribution in [0.3, 0.4) is 0 Å². The Hall–Kier alpha value is -1.32. The molecule has 0 spiro atoms. The van der Waals surface area contributed by atoms with Gasteiger partial charge in [0.1, 0.15) is 0 Å². The van der Waals surface area contributed by atoms with Crippen molar-refractivity contribution in [2.24, 2.45) is 5.92 Å². The molecule has 3 fully saturated rings. The third kappa shape index (κ3) is 2.42. The first-order valence-electron chi connectivity index (χ1n) is 6.99. The summed E-state index contributed by atoms with van der Waals surface area (Å²) in [4.78, 5) is 25.4. The average Bonchev–Trinajstić information content (AvgIpc) is 3.23. The minimum atomic E-state index is 0.0119. The van der Waals surface area contributed by atoms with Gasteiger partial charge in [0.25, 0.3) is 0 Å². The molecular weight excluding hydrogens is 228 g/mol. The van der Waals surface area contributed by atoms with Crippen molar-refractivity contribution in [3.05, 3.63) is 11.1 Å². The summed E-state index contributed by atoms with van der Waals surface area (Å²) in [6.45, 7) is 2.28. The van der Waals surface area contributed by atoms with E-state index in [1.54, 1.807) is 11.1 Å². The lowest BCUT2D eigenvalue weighted by atomic mass is 9.95. The maximum absolute atomic E-state index is 12.3. The summed E-state index contributed by atoms with van der Waals surface area (Å²) >= 11 is 0. The Morgan fingerprint density at radius 1 is 1.06 bits per heavy atom. The summed E-state index contributed by atoms with van der Waals surface area (Å²) in [5, 5.41) is 2.79. The van der Waals surface area contributed by atoms with Gasteiger partial charge in [0, 0.05) is 26.1 Å². The highest BCUT2D eigenvalue weighted by Gasteiger charge is 2.30. The Morgan fingerprint density at radius 3 is 2.28 bits per heavy atom. The molecule has 0 bridgehead atoms. The molecule has 0 aromatic carbocycles. The number of carbonyl (C=O) groups is 2. The molecule has 0 aromatic rings. The van der Waals surface area contributed by atoms with Crippen LogP contribution in [0.25, 0.3) is 0 Å². The number of piperidine rings is 2. The van der Waals surface area contributed by atoms with Crippen molar-refractivity contribution >= 4 is 11.8 Å². The Morgan fingerprint density at radius 2 is 1.72 bits per heavy atom. The van der Waals surface area contributed by atoms with Crippen molar-refractivity contribution in [1.29, 1.82) is 0 Å². The number of allylic oxidation sites excluding steroid dienone is 1. The van der Waals surface area contributed by atoms with Crippen LogP contribution >= 0.6 is 0 Å². The van der Waals surface area contributed by atoms with Gasteiger partial charge in [0.05, 0.1) is 5.92 Å². The first-order valence-corrected chi connectivity index (χ1v) is 6.99. The standard InChI is InChI=1S/C14H20N2O2/c17-13-4-3-12(9-15-13)14(18)16-7-5-11(6-8-16)10-1-2-10/h12H,1-9H2,(H,15,17). The molecule has 2 heterocycles. The van der Waals surface area contributed by atoms with Gasteiger partial charge in [0.2, 0.25) is 11.8 Å². The van der Waals surface area contributed by atoms with E-state index in [1.165, 1.54) is 12.8 Å².